The molecule has 1 heterocycles. The Hall–Kier alpha value is -3.55. The average molecular weight is 512 g/mol. The Bertz CT molecular complexity index is 1200. The highest BCUT2D eigenvalue weighted by molar-refractivity contribution is 6.35. The first-order valence-corrected chi connectivity index (χ1v) is 11.7. The fraction of sp³-hybridized carbons (Fsp3) is 0.192. The lowest BCUT2D eigenvalue weighted by atomic mass is 10.1. The van der Waals surface area contributed by atoms with Crippen LogP contribution < -0.4 is 20.3 Å². The zero-order chi connectivity index (χ0) is 24.8. The van der Waals surface area contributed by atoms with Gasteiger partial charge in [0.25, 0.3) is 5.91 Å². The zero-order valence-corrected chi connectivity index (χ0v) is 20.2. The molecule has 0 spiro atoms. The van der Waals surface area contributed by atoms with Crippen LogP contribution in [0, 0.1) is 5.92 Å². The van der Waals surface area contributed by atoms with E-state index < -0.39 is 5.92 Å². The summed E-state index contributed by atoms with van der Waals surface area (Å²) in [5.41, 5.74) is 2.14. The van der Waals surface area contributed by atoms with Crippen LogP contribution in [-0.4, -0.2) is 30.9 Å². The Kier molecular flexibility index (Phi) is 7.90. The van der Waals surface area contributed by atoms with E-state index >= 15 is 0 Å². The van der Waals surface area contributed by atoms with Gasteiger partial charge in [0.05, 0.1) is 5.92 Å². The molecule has 3 aromatic rings. The number of hydrogen-bond acceptors (Lipinski definition) is 4. The smallest absolute Gasteiger partial charge is 0.262 e. The molecule has 9 heteroatoms. The van der Waals surface area contributed by atoms with Crippen LogP contribution in [0.15, 0.2) is 72.8 Å². The maximum Gasteiger partial charge on any atom is 0.262 e. The van der Waals surface area contributed by atoms with Crippen molar-refractivity contribution in [1.29, 1.82) is 0 Å². The summed E-state index contributed by atoms with van der Waals surface area (Å²) in [6, 6.07) is 21.2. The van der Waals surface area contributed by atoms with Gasteiger partial charge in [-0.05, 0) is 48.0 Å². The van der Waals surface area contributed by atoms with Gasteiger partial charge in [-0.3, -0.25) is 14.4 Å². The second-order valence-electron chi connectivity index (χ2n) is 8.10. The monoisotopic (exact) mass is 511 g/mol. The lowest BCUT2D eigenvalue weighted by Crippen LogP contribution is -2.32. The van der Waals surface area contributed by atoms with Crippen LogP contribution in [0.5, 0.6) is 5.75 Å². The van der Waals surface area contributed by atoms with E-state index in [1.807, 2.05) is 30.3 Å². The molecule has 1 aliphatic rings. The molecular weight excluding hydrogens is 489 g/mol. The lowest BCUT2D eigenvalue weighted by Gasteiger charge is -2.17. The van der Waals surface area contributed by atoms with Crippen molar-refractivity contribution in [1.82, 2.24) is 5.32 Å². The molecule has 0 aliphatic carbocycles. The molecular formula is C26H23Cl2N3O4. The highest BCUT2D eigenvalue weighted by Gasteiger charge is 2.35. The molecule has 0 saturated carbocycles. The molecule has 35 heavy (non-hydrogen) atoms. The number of ether oxygens (including phenoxy) is 1. The van der Waals surface area contributed by atoms with Gasteiger partial charge in [-0.25, -0.2) is 0 Å². The first kappa shape index (κ1) is 24.6. The number of benzene rings is 3. The summed E-state index contributed by atoms with van der Waals surface area (Å²) in [7, 11) is 0. The molecule has 1 atom stereocenters. The Balaban J connectivity index is 1.27. The summed E-state index contributed by atoms with van der Waals surface area (Å²) < 4.78 is 5.53. The van der Waals surface area contributed by atoms with Gasteiger partial charge >= 0.3 is 0 Å². The van der Waals surface area contributed by atoms with Crippen LogP contribution in [-0.2, 0) is 20.9 Å². The van der Waals surface area contributed by atoms with Crippen LogP contribution in [0.1, 0.15) is 12.0 Å². The summed E-state index contributed by atoms with van der Waals surface area (Å²) >= 11 is 11.9. The minimum Gasteiger partial charge on any atom is -0.484 e. The van der Waals surface area contributed by atoms with Crippen molar-refractivity contribution in [3.05, 3.63) is 88.4 Å². The van der Waals surface area contributed by atoms with E-state index in [9.17, 15) is 14.4 Å². The van der Waals surface area contributed by atoms with Crippen LogP contribution in [0.4, 0.5) is 11.4 Å². The van der Waals surface area contributed by atoms with Gasteiger partial charge in [0, 0.05) is 40.9 Å². The summed E-state index contributed by atoms with van der Waals surface area (Å²) in [6.07, 6.45) is 0.159. The Morgan fingerprint density at radius 1 is 0.971 bits per heavy atom. The minimum atomic E-state index is -0.411. The summed E-state index contributed by atoms with van der Waals surface area (Å²) in [5.74, 6) is -0.566. The fourth-order valence-electron chi connectivity index (χ4n) is 3.76. The number of carbonyl (C=O) groups excluding carboxylic acids is 3. The second kappa shape index (κ2) is 11.3. The Labute approximate surface area is 213 Å². The molecule has 7 nitrogen and oxygen atoms in total. The van der Waals surface area contributed by atoms with Gasteiger partial charge in [-0.2, -0.15) is 0 Å². The number of amides is 3. The molecule has 4 rings (SSSR count). The van der Waals surface area contributed by atoms with Crippen molar-refractivity contribution >= 4 is 52.3 Å². The van der Waals surface area contributed by atoms with Crippen LogP contribution in [0.2, 0.25) is 10.0 Å². The van der Waals surface area contributed by atoms with Gasteiger partial charge < -0.3 is 20.3 Å². The van der Waals surface area contributed by atoms with Crippen molar-refractivity contribution in [2.45, 2.75) is 13.0 Å². The van der Waals surface area contributed by atoms with Gasteiger partial charge in [0.15, 0.2) is 6.61 Å². The van der Waals surface area contributed by atoms with Crippen LogP contribution in [0.3, 0.4) is 0 Å². The van der Waals surface area contributed by atoms with E-state index in [2.05, 4.69) is 10.6 Å². The van der Waals surface area contributed by atoms with Gasteiger partial charge in [-0.15, -0.1) is 0 Å². The average Bonchev–Trinajstić information content (AvgIpc) is 3.23. The quantitative estimate of drug-likeness (QED) is 0.459. The third kappa shape index (κ3) is 6.74. The molecule has 0 unspecified atom stereocenters. The summed E-state index contributed by atoms with van der Waals surface area (Å²) in [6.45, 7) is 0.522. The van der Waals surface area contributed by atoms with Gasteiger partial charge in [-0.1, -0.05) is 53.5 Å². The third-order valence-corrected chi connectivity index (χ3v) is 5.91. The van der Waals surface area contributed by atoms with E-state index in [0.29, 0.717) is 40.3 Å². The summed E-state index contributed by atoms with van der Waals surface area (Å²) in [5, 5.41) is 6.40. The fourth-order valence-corrected chi connectivity index (χ4v) is 4.28. The molecule has 180 valence electrons. The van der Waals surface area contributed by atoms with Crippen LogP contribution in [0.25, 0.3) is 0 Å². The number of nitrogens with zero attached hydrogens (tertiary/aromatic N) is 1. The highest BCUT2D eigenvalue weighted by Crippen LogP contribution is 2.27. The maximum atomic E-state index is 12.5. The summed E-state index contributed by atoms with van der Waals surface area (Å²) in [4.78, 5) is 38.8. The maximum absolute atomic E-state index is 12.5. The number of hydrogen-bond donors (Lipinski definition) is 2. The molecule has 3 amide bonds. The largest absolute Gasteiger partial charge is 0.484 e. The van der Waals surface area contributed by atoms with E-state index in [0.717, 1.165) is 5.56 Å². The number of carbonyl (C=O) groups is 3. The Morgan fingerprint density at radius 2 is 1.66 bits per heavy atom. The lowest BCUT2D eigenvalue weighted by molar-refractivity contribution is -0.126. The van der Waals surface area contributed by atoms with Crippen molar-refractivity contribution in [2.75, 3.05) is 23.4 Å². The first-order chi connectivity index (χ1) is 16.9. The predicted octanol–water partition coefficient (Wildman–Crippen LogP) is 4.68. The van der Waals surface area contributed by atoms with E-state index in [-0.39, 0.29) is 30.7 Å². The van der Waals surface area contributed by atoms with Crippen molar-refractivity contribution in [3.63, 3.8) is 0 Å². The molecule has 0 radical (unpaired) electrons. The molecule has 3 aromatic carbocycles. The normalized spacial score (nSPS) is 15.1. The van der Waals surface area contributed by atoms with Crippen molar-refractivity contribution in [3.8, 4) is 5.75 Å². The van der Waals surface area contributed by atoms with Crippen molar-refractivity contribution in [2.24, 2.45) is 5.92 Å². The van der Waals surface area contributed by atoms with E-state index in [1.165, 1.54) is 0 Å². The standard InChI is InChI=1S/C26H23Cl2N3O4/c27-19-11-20(28)13-21(12-19)30-24(32)16-35-23-8-6-22(7-9-23)31-15-18(10-25(31)33)26(34)29-14-17-4-2-1-3-5-17/h1-9,11-13,18H,10,14-16H2,(H,29,34)(H,30,32)/t18-/m0/s1. The van der Waals surface area contributed by atoms with Gasteiger partial charge in [0.1, 0.15) is 5.75 Å². The second-order valence-corrected chi connectivity index (χ2v) is 8.97. The SMILES string of the molecule is O=C(COc1ccc(N2C[C@@H](C(=O)NCc3ccccc3)CC2=O)cc1)Nc1cc(Cl)cc(Cl)c1. The first-order valence-electron chi connectivity index (χ1n) is 11.0. The molecule has 2 N–H and O–H groups in total. The van der Waals surface area contributed by atoms with Gasteiger partial charge in [0.2, 0.25) is 11.8 Å². The van der Waals surface area contributed by atoms with E-state index in [1.54, 1.807) is 47.4 Å². The number of halogens is 2. The predicted molar refractivity (Wildman–Crippen MR) is 136 cm³/mol. The topological polar surface area (TPSA) is 87.7 Å². The highest BCUT2D eigenvalue weighted by atomic mass is 35.5. The number of nitrogens with one attached hydrogen (secondary N) is 2. The Morgan fingerprint density at radius 3 is 2.34 bits per heavy atom. The minimum absolute atomic E-state index is 0.113. The van der Waals surface area contributed by atoms with E-state index in [4.69, 9.17) is 27.9 Å². The third-order valence-electron chi connectivity index (χ3n) is 5.47. The van der Waals surface area contributed by atoms with Crippen molar-refractivity contribution < 1.29 is 19.1 Å². The number of anilines is 2. The van der Waals surface area contributed by atoms with Crippen LogP contribution >= 0.6 is 23.2 Å². The number of rotatable bonds is 8. The zero-order valence-electron chi connectivity index (χ0n) is 18.7. The molecule has 0 bridgehead atoms. The molecule has 0 aromatic heterocycles. The molecule has 1 fully saturated rings. The molecule has 1 aliphatic heterocycles. The molecule has 1 saturated heterocycles.